The van der Waals surface area contributed by atoms with Crippen LogP contribution in [0.3, 0.4) is 0 Å². The lowest BCUT2D eigenvalue weighted by atomic mass is 10.3. The van der Waals surface area contributed by atoms with Crippen LogP contribution in [0.1, 0.15) is 13.3 Å². The third-order valence-electron chi connectivity index (χ3n) is 2.39. The summed E-state index contributed by atoms with van der Waals surface area (Å²) >= 11 is 0. The molecule has 0 bridgehead atoms. The van der Waals surface area contributed by atoms with Crippen LogP contribution in [0, 0.1) is 0 Å². The zero-order valence-electron chi connectivity index (χ0n) is 8.61. The molecule has 2 rings (SSSR count). The molecule has 0 aromatic rings. The average Bonchev–Trinajstić information content (AvgIpc) is 3.01. The van der Waals surface area contributed by atoms with Gasteiger partial charge in [-0.15, -0.1) is 0 Å². The highest BCUT2D eigenvalue weighted by molar-refractivity contribution is 4.70. The van der Waals surface area contributed by atoms with E-state index in [0.29, 0.717) is 32.0 Å². The number of epoxide rings is 2. The maximum atomic E-state index is 5.63. The second-order valence-electron chi connectivity index (χ2n) is 3.81. The Hall–Kier alpha value is -0.160. The van der Waals surface area contributed by atoms with E-state index in [4.69, 9.17) is 18.9 Å². The van der Waals surface area contributed by atoms with Crippen molar-refractivity contribution in [3.8, 4) is 0 Å². The van der Waals surface area contributed by atoms with Gasteiger partial charge in [0.2, 0.25) is 0 Å². The minimum atomic E-state index is 0.206. The van der Waals surface area contributed by atoms with Crippen molar-refractivity contribution >= 4 is 0 Å². The fourth-order valence-corrected chi connectivity index (χ4v) is 1.19. The molecule has 4 nitrogen and oxygen atoms in total. The Kier molecular flexibility index (Phi) is 3.75. The van der Waals surface area contributed by atoms with Gasteiger partial charge in [-0.1, -0.05) is 6.92 Å². The molecule has 0 radical (unpaired) electrons. The van der Waals surface area contributed by atoms with Crippen molar-refractivity contribution in [3.63, 3.8) is 0 Å². The molecule has 0 spiro atoms. The van der Waals surface area contributed by atoms with Crippen LogP contribution in [0.5, 0.6) is 0 Å². The molecule has 2 saturated heterocycles. The van der Waals surface area contributed by atoms with Crippen LogP contribution >= 0.6 is 0 Å². The quantitative estimate of drug-likeness (QED) is 0.540. The summed E-state index contributed by atoms with van der Waals surface area (Å²) in [6.07, 6.45) is 1.88. The van der Waals surface area contributed by atoms with E-state index in [1.807, 2.05) is 0 Å². The monoisotopic (exact) mass is 202 g/mol. The Morgan fingerprint density at radius 1 is 1.21 bits per heavy atom. The van der Waals surface area contributed by atoms with E-state index in [9.17, 15) is 0 Å². The largest absolute Gasteiger partial charge is 0.376 e. The van der Waals surface area contributed by atoms with Crippen LogP contribution in [0.25, 0.3) is 0 Å². The van der Waals surface area contributed by atoms with Gasteiger partial charge in [-0.3, -0.25) is 0 Å². The Morgan fingerprint density at radius 2 is 1.86 bits per heavy atom. The molecule has 0 N–H and O–H groups in total. The summed E-state index contributed by atoms with van der Waals surface area (Å²) < 4.78 is 21.2. The van der Waals surface area contributed by atoms with Gasteiger partial charge in [0.15, 0.2) is 0 Å². The van der Waals surface area contributed by atoms with Crippen molar-refractivity contribution < 1.29 is 18.9 Å². The Labute approximate surface area is 84.5 Å². The summed E-state index contributed by atoms with van der Waals surface area (Å²) in [4.78, 5) is 0. The number of rotatable bonds is 8. The molecule has 2 aliphatic rings. The van der Waals surface area contributed by atoms with Gasteiger partial charge < -0.3 is 18.9 Å². The topological polar surface area (TPSA) is 43.5 Å². The third-order valence-corrected chi connectivity index (χ3v) is 2.39. The summed E-state index contributed by atoms with van der Waals surface area (Å²) in [7, 11) is 0. The normalized spacial score (nSPS) is 31.5. The van der Waals surface area contributed by atoms with E-state index in [2.05, 4.69) is 6.92 Å². The molecule has 0 aromatic carbocycles. The van der Waals surface area contributed by atoms with E-state index >= 15 is 0 Å². The summed E-state index contributed by atoms with van der Waals surface area (Å²) in [6, 6.07) is 0. The maximum Gasteiger partial charge on any atom is 0.104 e. The number of hydrogen-bond donors (Lipinski definition) is 0. The fraction of sp³-hybridized carbons (Fsp3) is 1.00. The van der Waals surface area contributed by atoms with Gasteiger partial charge >= 0.3 is 0 Å². The summed E-state index contributed by atoms with van der Waals surface area (Å²) in [5.41, 5.74) is 0. The molecule has 0 aromatic heterocycles. The molecule has 4 heteroatoms. The summed E-state index contributed by atoms with van der Waals surface area (Å²) in [5.74, 6) is 0. The van der Waals surface area contributed by atoms with Crippen molar-refractivity contribution in [1.82, 2.24) is 0 Å². The van der Waals surface area contributed by atoms with Gasteiger partial charge in [-0.2, -0.15) is 0 Å². The highest BCUT2D eigenvalue weighted by atomic mass is 16.6. The van der Waals surface area contributed by atoms with Gasteiger partial charge in [0, 0.05) is 0 Å². The molecule has 3 atom stereocenters. The van der Waals surface area contributed by atoms with Gasteiger partial charge in [0.1, 0.15) is 12.2 Å². The van der Waals surface area contributed by atoms with Crippen LogP contribution < -0.4 is 0 Å². The van der Waals surface area contributed by atoms with Gasteiger partial charge in [-0.25, -0.2) is 0 Å². The first-order valence-electron chi connectivity index (χ1n) is 5.31. The van der Waals surface area contributed by atoms with Crippen molar-refractivity contribution in [1.29, 1.82) is 0 Å². The van der Waals surface area contributed by atoms with Crippen LogP contribution in [0.4, 0.5) is 0 Å². The lowest BCUT2D eigenvalue weighted by Crippen LogP contribution is -2.22. The first-order chi connectivity index (χ1) is 6.88. The van der Waals surface area contributed by atoms with Crippen molar-refractivity contribution in [2.75, 3.05) is 33.0 Å². The number of hydrogen-bond acceptors (Lipinski definition) is 4. The molecule has 0 aliphatic carbocycles. The molecule has 2 fully saturated rings. The molecule has 3 unspecified atom stereocenters. The predicted molar refractivity (Wildman–Crippen MR) is 50.3 cm³/mol. The van der Waals surface area contributed by atoms with Crippen molar-refractivity contribution in [2.45, 2.75) is 31.7 Å². The zero-order valence-corrected chi connectivity index (χ0v) is 8.61. The smallest absolute Gasteiger partial charge is 0.104 e. The van der Waals surface area contributed by atoms with E-state index in [1.54, 1.807) is 0 Å². The van der Waals surface area contributed by atoms with E-state index in [0.717, 1.165) is 19.6 Å². The van der Waals surface area contributed by atoms with Crippen LogP contribution in [0.2, 0.25) is 0 Å². The molecule has 0 saturated carbocycles. The average molecular weight is 202 g/mol. The number of ether oxygens (including phenoxy) is 4. The Morgan fingerprint density at radius 3 is 2.43 bits per heavy atom. The highest BCUT2D eigenvalue weighted by Gasteiger charge is 2.25. The minimum absolute atomic E-state index is 0.206. The van der Waals surface area contributed by atoms with E-state index in [1.165, 1.54) is 0 Å². The lowest BCUT2D eigenvalue weighted by molar-refractivity contribution is -0.0255. The molecular weight excluding hydrogens is 184 g/mol. The second kappa shape index (κ2) is 5.07. The first kappa shape index (κ1) is 10.4. The summed E-state index contributed by atoms with van der Waals surface area (Å²) in [6.45, 7) is 5.90. The fourth-order valence-electron chi connectivity index (χ4n) is 1.19. The van der Waals surface area contributed by atoms with Crippen molar-refractivity contribution in [3.05, 3.63) is 0 Å². The lowest BCUT2D eigenvalue weighted by Gasteiger charge is -2.15. The standard InChI is InChI=1S/C10H18O4/c1-2-8(12-6-10-7-14-10)3-11-4-9-5-13-9/h8-10H,2-7H2,1H3. The van der Waals surface area contributed by atoms with E-state index in [-0.39, 0.29) is 6.10 Å². The maximum absolute atomic E-state index is 5.63. The van der Waals surface area contributed by atoms with Crippen LogP contribution in [0.15, 0.2) is 0 Å². The Bertz CT molecular complexity index is 166. The van der Waals surface area contributed by atoms with Crippen LogP contribution in [-0.2, 0) is 18.9 Å². The van der Waals surface area contributed by atoms with E-state index < -0.39 is 0 Å². The minimum Gasteiger partial charge on any atom is -0.376 e. The summed E-state index contributed by atoms with van der Waals surface area (Å²) in [5, 5.41) is 0. The van der Waals surface area contributed by atoms with Crippen LogP contribution in [-0.4, -0.2) is 51.3 Å². The first-order valence-corrected chi connectivity index (χ1v) is 5.31. The second-order valence-corrected chi connectivity index (χ2v) is 3.81. The molecule has 2 aliphatic heterocycles. The van der Waals surface area contributed by atoms with Gasteiger partial charge in [-0.05, 0) is 6.42 Å². The third kappa shape index (κ3) is 3.92. The predicted octanol–water partition coefficient (Wildman–Crippen LogP) is 0.596. The van der Waals surface area contributed by atoms with Gasteiger partial charge in [0.05, 0.1) is 39.1 Å². The van der Waals surface area contributed by atoms with Gasteiger partial charge in [0.25, 0.3) is 0 Å². The zero-order chi connectivity index (χ0) is 9.80. The molecular formula is C10H18O4. The SMILES string of the molecule is CCC(COCC1CO1)OCC1CO1. The molecule has 82 valence electrons. The molecule has 0 amide bonds. The van der Waals surface area contributed by atoms with Crippen molar-refractivity contribution in [2.24, 2.45) is 0 Å². The highest BCUT2D eigenvalue weighted by Crippen LogP contribution is 2.12. The Balaban J connectivity index is 1.49. The molecule has 2 heterocycles. The molecule has 14 heavy (non-hydrogen) atoms.